The number of H-pyrrole nitrogens is 1. The Labute approximate surface area is 191 Å². The Kier molecular flexibility index (Phi) is 6.45. The van der Waals surface area contributed by atoms with Crippen LogP contribution in [0.25, 0.3) is 10.9 Å². The third-order valence-corrected chi connectivity index (χ3v) is 5.84. The highest BCUT2D eigenvalue weighted by atomic mass is 32.2. The summed E-state index contributed by atoms with van der Waals surface area (Å²) >= 11 is 0. The van der Waals surface area contributed by atoms with Crippen molar-refractivity contribution >= 4 is 43.9 Å². The van der Waals surface area contributed by atoms with E-state index in [2.05, 4.69) is 25.6 Å². The summed E-state index contributed by atoms with van der Waals surface area (Å²) in [7, 11) is -3.01. The molecule has 0 aliphatic rings. The SMILES string of the molecule is Cc1cc2c(F)c(Nc3ccnc(Nc4cccc(OCCCS(C)(=O)=O)c4)n3)ccc2[nH]1. The van der Waals surface area contributed by atoms with E-state index in [1.54, 1.807) is 42.6 Å². The Balaban J connectivity index is 1.43. The number of rotatable bonds is 9. The van der Waals surface area contributed by atoms with Crippen LogP contribution in [0.2, 0.25) is 0 Å². The molecule has 0 spiro atoms. The summed E-state index contributed by atoms with van der Waals surface area (Å²) in [5.74, 6) is 1.08. The van der Waals surface area contributed by atoms with Gasteiger partial charge in [-0.3, -0.25) is 0 Å². The topological polar surface area (TPSA) is 109 Å². The van der Waals surface area contributed by atoms with Gasteiger partial charge in [0.15, 0.2) is 5.82 Å². The Morgan fingerprint density at radius 2 is 1.97 bits per heavy atom. The molecule has 10 heteroatoms. The average molecular weight is 470 g/mol. The number of sulfone groups is 1. The number of ether oxygens (including phenoxy) is 1. The van der Waals surface area contributed by atoms with E-state index in [4.69, 9.17) is 4.74 Å². The summed E-state index contributed by atoms with van der Waals surface area (Å²) in [6.45, 7) is 2.17. The van der Waals surface area contributed by atoms with Gasteiger partial charge in [0.2, 0.25) is 5.95 Å². The Hall–Kier alpha value is -3.66. The van der Waals surface area contributed by atoms with Crippen molar-refractivity contribution in [3.8, 4) is 5.75 Å². The van der Waals surface area contributed by atoms with Crippen LogP contribution in [0.3, 0.4) is 0 Å². The summed E-state index contributed by atoms with van der Waals surface area (Å²) in [6, 6.07) is 14.1. The molecule has 33 heavy (non-hydrogen) atoms. The number of anilines is 4. The molecule has 0 fully saturated rings. The summed E-state index contributed by atoms with van der Waals surface area (Å²) < 4.78 is 42.9. The Morgan fingerprint density at radius 3 is 2.79 bits per heavy atom. The van der Waals surface area contributed by atoms with Gasteiger partial charge in [-0.1, -0.05) is 6.07 Å². The number of fused-ring (bicyclic) bond motifs is 1. The summed E-state index contributed by atoms with van der Waals surface area (Å²) in [4.78, 5) is 11.7. The zero-order chi connectivity index (χ0) is 23.4. The molecule has 0 saturated heterocycles. The minimum atomic E-state index is -3.01. The molecule has 8 nitrogen and oxygen atoms in total. The molecule has 3 N–H and O–H groups in total. The Morgan fingerprint density at radius 1 is 1.12 bits per heavy atom. The number of aromatic amines is 1. The van der Waals surface area contributed by atoms with E-state index < -0.39 is 9.84 Å². The number of halogens is 1. The molecule has 2 heterocycles. The van der Waals surface area contributed by atoms with Gasteiger partial charge in [0.25, 0.3) is 0 Å². The highest BCUT2D eigenvalue weighted by Crippen LogP contribution is 2.27. The second-order valence-corrected chi connectivity index (χ2v) is 9.98. The van der Waals surface area contributed by atoms with Gasteiger partial charge in [-0.15, -0.1) is 0 Å². The van der Waals surface area contributed by atoms with Crippen molar-refractivity contribution in [1.29, 1.82) is 0 Å². The van der Waals surface area contributed by atoms with Gasteiger partial charge >= 0.3 is 0 Å². The molecule has 0 aliphatic heterocycles. The molecule has 0 atom stereocenters. The van der Waals surface area contributed by atoms with Crippen molar-refractivity contribution in [2.45, 2.75) is 13.3 Å². The predicted octanol–water partition coefficient (Wildman–Crippen LogP) is 4.71. The molecule has 0 amide bonds. The summed E-state index contributed by atoms with van der Waals surface area (Å²) in [5, 5.41) is 6.61. The zero-order valence-corrected chi connectivity index (χ0v) is 19.0. The fourth-order valence-electron chi connectivity index (χ4n) is 3.33. The molecule has 4 rings (SSSR count). The first-order valence-electron chi connectivity index (χ1n) is 10.3. The highest BCUT2D eigenvalue weighted by Gasteiger charge is 2.11. The van der Waals surface area contributed by atoms with Gasteiger partial charge in [0.05, 0.1) is 18.0 Å². The normalized spacial score (nSPS) is 11.5. The van der Waals surface area contributed by atoms with E-state index in [1.165, 1.54) is 6.26 Å². The average Bonchev–Trinajstić information content (AvgIpc) is 3.15. The largest absolute Gasteiger partial charge is 0.493 e. The summed E-state index contributed by atoms with van der Waals surface area (Å²) in [5.41, 5.74) is 2.63. The summed E-state index contributed by atoms with van der Waals surface area (Å²) in [6.07, 6.45) is 3.19. The molecular weight excluding hydrogens is 445 g/mol. The third-order valence-electron chi connectivity index (χ3n) is 4.81. The van der Waals surface area contributed by atoms with Crippen molar-refractivity contribution < 1.29 is 17.5 Å². The first-order valence-corrected chi connectivity index (χ1v) is 12.4. The van der Waals surface area contributed by atoms with E-state index in [0.29, 0.717) is 47.3 Å². The van der Waals surface area contributed by atoms with Gasteiger partial charge in [-0.25, -0.2) is 17.8 Å². The fourth-order valence-corrected chi connectivity index (χ4v) is 3.98. The van der Waals surface area contributed by atoms with Crippen LogP contribution in [-0.4, -0.2) is 42.0 Å². The molecule has 0 aliphatic carbocycles. The van der Waals surface area contributed by atoms with Gasteiger partial charge in [0, 0.05) is 40.8 Å². The van der Waals surface area contributed by atoms with E-state index in [0.717, 1.165) is 11.2 Å². The van der Waals surface area contributed by atoms with Crippen LogP contribution in [0.5, 0.6) is 5.75 Å². The zero-order valence-electron chi connectivity index (χ0n) is 18.2. The molecule has 4 aromatic rings. The molecule has 172 valence electrons. The standard InChI is InChI=1S/C23H24FN5O3S/c1-15-13-18-19(26-15)7-8-20(22(18)24)28-21-9-10-25-23(29-21)27-16-5-3-6-17(14-16)32-11-4-12-33(2,30)31/h3,5-10,13-14,26H,4,11-12H2,1-2H3,(H2,25,27,28,29). The Bertz CT molecular complexity index is 1390. The van der Waals surface area contributed by atoms with Crippen molar-refractivity contribution in [2.75, 3.05) is 29.2 Å². The third kappa shape index (κ3) is 5.98. The van der Waals surface area contributed by atoms with Crippen LogP contribution < -0.4 is 15.4 Å². The van der Waals surface area contributed by atoms with Crippen LogP contribution in [0.15, 0.2) is 54.7 Å². The predicted molar refractivity (Wildman–Crippen MR) is 128 cm³/mol. The van der Waals surface area contributed by atoms with Crippen molar-refractivity contribution in [1.82, 2.24) is 15.0 Å². The van der Waals surface area contributed by atoms with E-state index in [1.807, 2.05) is 19.1 Å². The first-order chi connectivity index (χ1) is 15.8. The molecule has 2 aromatic heterocycles. The number of benzene rings is 2. The second kappa shape index (κ2) is 9.45. The molecule has 0 bridgehead atoms. The van der Waals surface area contributed by atoms with E-state index in [-0.39, 0.29) is 11.6 Å². The maximum Gasteiger partial charge on any atom is 0.229 e. The quantitative estimate of drug-likeness (QED) is 0.305. The second-order valence-electron chi connectivity index (χ2n) is 7.72. The van der Waals surface area contributed by atoms with Crippen LogP contribution in [0.1, 0.15) is 12.1 Å². The lowest BCUT2D eigenvalue weighted by atomic mass is 10.2. The maximum atomic E-state index is 14.9. The molecule has 2 aromatic carbocycles. The van der Waals surface area contributed by atoms with Crippen LogP contribution in [0, 0.1) is 12.7 Å². The minimum absolute atomic E-state index is 0.0792. The molecule has 0 radical (unpaired) electrons. The number of nitrogens with zero attached hydrogens (tertiary/aromatic N) is 2. The fraction of sp³-hybridized carbons (Fsp3) is 0.217. The van der Waals surface area contributed by atoms with Crippen molar-refractivity contribution in [2.24, 2.45) is 0 Å². The smallest absolute Gasteiger partial charge is 0.229 e. The van der Waals surface area contributed by atoms with Crippen LogP contribution in [-0.2, 0) is 9.84 Å². The molecule has 0 saturated carbocycles. The van der Waals surface area contributed by atoms with Crippen molar-refractivity contribution in [3.63, 3.8) is 0 Å². The lowest BCUT2D eigenvalue weighted by Gasteiger charge is -2.11. The van der Waals surface area contributed by atoms with Gasteiger partial charge in [-0.05, 0) is 49.7 Å². The van der Waals surface area contributed by atoms with Crippen LogP contribution in [0.4, 0.5) is 27.5 Å². The van der Waals surface area contributed by atoms with E-state index >= 15 is 0 Å². The molecular formula is C23H24FN5O3S. The number of aromatic nitrogens is 3. The van der Waals surface area contributed by atoms with Crippen molar-refractivity contribution in [3.05, 3.63) is 66.2 Å². The lowest BCUT2D eigenvalue weighted by molar-refractivity contribution is 0.318. The van der Waals surface area contributed by atoms with Gasteiger partial charge < -0.3 is 20.4 Å². The van der Waals surface area contributed by atoms with Gasteiger partial charge in [-0.2, -0.15) is 4.98 Å². The van der Waals surface area contributed by atoms with Gasteiger partial charge in [0.1, 0.15) is 21.4 Å². The number of aryl methyl sites for hydroxylation is 1. The minimum Gasteiger partial charge on any atom is -0.493 e. The first kappa shape index (κ1) is 22.5. The highest BCUT2D eigenvalue weighted by molar-refractivity contribution is 7.90. The number of hydrogen-bond acceptors (Lipinski definition) is 7. The lowest BCUT2D eigenvalue weighted by Crippen LogP contribution is -2.08. The number of hydrogen-bond donors (Lipinski definition) is 3. The molecule has 0 unspecified atom stereocenters. The van der Waals surface area contributed by atoms with E-state index in [9.17, 15) is 12.8 Å². The maximum absolute atomic E-state index is 14.9. The monoisotopic (exact) mass is 469 g/mol. The van der Waals surface area contributed by atoms with Crippen LogP contribution >= 0.6 is 0 Å². The number of nitrogens with one attached hydrogen (secondary N) is 3.